The molecule has 2 aromatic heterocycles. The van der Waals surface area contributed by atoms with Crippen molar-refractivity contribution in [2.75, 3.05) is 6.61 Å². The van der Waals surface area contributed by atoms with Crippen molar-refractivity contribution in [2.45, 2.75) is 56.7 Å². The maximum absolute atomic E-state index is 13.1. The molecule has 0 radical (unpaired) electrons. The monoisotopic (exact) mass is 427 g/mol. The van der Waals surface area contributed by atoms with Crippen LogP contribution >= 0.6 is 23.1 Å². The number of hydrogen-bond acceptors (Lipinski definition) is 6. The number of ether oxygens (including phenoxy) is 1. The molecule has 29 heavy (non-hydrogen) atoms. The molecule has 0 saturated carbocycles. The van der Waals surface area contributed by atoms with Gasteiger partial charge in [-0.25, -0.2) is 0 Å². The van der Waals surface area contributed by atoms with E-state index in [9.17, 15) is 4.79 Å². The Hall–Kier alpha value is -1.96. The minimum Gasteiger partial charge on any atom is -0.376 e. The summed E-state index contributed by atoms with van der Waals surface area (Å²) in [6, 6.07) is 10.1. The largest absolute Gasteiger partial charge is 0.376 e. The number of rotatable bonds is 7. The predicted octanol–water partition coefficient (Wildman–Crippen LogP) is 5.17. The molecule has 1 fully saturated rings. The van der Waals surface area contributed by atoms with Gasteiger partial charge in [-0.3, -0.25) is 9.36 Å². The van der Waals surface area contributed by atoms with E-state index in [-0.39, 0.29) is 17.1 Å². The van der Waals surface area contributed by atoms with Crippen molar-refractivity contribution in [1.29, 1.82) is 0 Å². The first-order valence-electron chi connectivity index (χ1n) is 9.89. The van der Waals surface area contributed by atoms with Crippen LogP contribution in [-0.4, -0.2) is 38.5 Å². The minimum atomic E-state index is -0.251. The van der Waals surface area contributed by atoms with E-state index < -0.39 is 0 Å². The van der Waals surface area contributed by atoms with E-state index in [2.05, 4.69) is 20.8 Å². The lowest BCUT2D eigenvalue weighted by Gasteiger charge is -2.16. The lowest BCUT2D eigenvalue weighted by molar-refractivity contribution is 0.0953. The molecule has 152 valence electrons. The number of aromatic nitrogens is 3. The number of ketones is 1. The van der Waals surface area contributed by atoms with Gasteiger partial charge in [0.1, 0.15) is 0 Å². The summed E-state index contributed by atoms with van der Waals surface area (Å²) >= 11 is 3.12. The van der Waals surface area contributed by atoms with Gasteiger partial charge in [0, 0.05) is 12.2 Å². The summed E-state index contributed by atoms with van der Waals surface area (Å²) < 4.78 is 7.98. The van der Waals surface area contributed by atoms with E-state index in [1.807, 2.05) is 50.4 Å². The summed E-state index contributed by atoms with van der Waals surface area (Å²) in [6.45, 7) is 7.47. The standard InChI is InChI=1S/C22H25N3O2S2/c1-14-8-9-15(2)18(12-14)20(26)16(3)29-22-24-23-21(19-7-5-11-28-19)25(22)13-17-6-4-10-27-17/h5,7-9,11-12,16-17H,4,6,10,13H2,1-3H3/t16-,17+/m0/s1. The van der Waals surface area contributed by atoms with Crippen LogP contribution in [0, 0.1) is 13.8 Å². The van der Waals surface area contributed by atoms with Crippen LogP contribution in [0.4, 0.5) is 0 Å². The van der Waals surface area contributed by atoms with E-state index in [1.54, 1.807) is 11.3 Å². The normalized spacial score (nSPS) is 17.6. The molecule has 0 N–H and O–H groups in total. The summed E-state index contributed by atoms with van der Waals surface area (Å²) in [6.07, 6.45) is 2.31. The maximum Gasteiger partial charge on any atom is 0.192 e. The summed E-state index contributed by atoms with van der Waals surface area (Å²) in [5.74, 6) is 0.977. The molecule has 1 saturated heterocycles. The topological polar surface area (TPSA) is 57.0 Å². The number of nitrogens with zero attached hydrogens (tertiary/aromatic N) is 3. The average molecular weight is 428 g/mol. The van der Waals surface area contributed by atoms with Crippen LogP contribution in [0.2, 0.25) is 0 Å². The Morgan fingerprint density at radius 2 is 2.21 bits per heavy atom. The SMILES string of the molecule is Cc1ccc(C)c(C(=O)[C@H](C)Sc2nnc(-c3cccs3)n2C[C@H]2CCCO2)c1. The Labute approximate surface area is 179 Å². The Kier molecular flexibility index (Phi) is 6.18. The molecule has 0 bridgehead atoms. The number of thioether (sulfide) groups is 1. The highest BCUT2D eigenvalue weighted by Crippen LogP contribution is 2.32. The second-order valence-corrected chi connectivity index (χ2v) is 9.73. The van der Waals surface area contributed by atoms with Crippen LogP contribution in [-0.2, 0) is 11.3 Å². The van der Waals surface area contributed by atoms with Gasteiger partial charge < -0.3 is 4.74 Å². The lowest BCUT2D eigenvalue weighted by Crippen LogP contribution is -2.19. The van der Waals surface area contributed by atoms with Gasteiger partial charge in [0.05, 0.1) is 22.8 Å². The van der Waals surface area contributed by atoms with E-state index in [1.165, 1.54) is 11.8 Å². The number of carbonyl (C=O) groups excluding carboxylic acids is 1. The molecule has 1 aliphatic rings. The van der Waals surface area contributed by atoms with Crippen molar-refractivity contribution in [3.63, 3.8) is 0 Å². The maximum atomic E-state index is 13.1. The highest BCUT2D eigenvalue weighted by molar-refractivity contribution is 8.00. The molecular formula is C22H25N3O2S2. The molecular weight excluding hydrogens is 402 g/mol. The number of benzene rings is 1. The fourth-order valence-electron chi connectivity index (χ4n) is 3.55. The summed E-state index contributed by atoms with van der Waals surface area (Å²) in [5.41, 5.74) is 2.89. The lowest BCUT2D eigenvalue weighted by atomic mass is 10.0. The smallest absolute Gasteiger partial charge is 0.192 e. The second kappa shape index (κ2) is 8.81. The van der Waals surface area contributed by atoms with E-state index in [4.69, 9.17) is 4.74 Å². The third-order valence-electron chi connectivity index (χ3n) is 5.18. The van der Waals surface area contributed by atoms with Gasteiger partial charge in [-0.05, 0) is 56.7 Å². The van der Waals surface area contributed by atoms with Crippen molar-refractivity contribution in [3.8, 4) is 10.7 Å². The van der Waals surface area contributed by atoms with Gasteiger partial charge >= 0.3 is 0 Å². The van der Waals surface area contributed by atoms with E-state index in [0.29, 0.717) is 6.54 Å². The van der Waals surface area contributed by atoms with Crippen LogP contribution in [0.5, 0.6) is 0 Å². The zero-order valence-corrected chi connectivity index (χ0v) is 18.6. The highest BCUT2D eigenvalue weighted by atomic mass is 32.2. The number of carbonyl (C=O) groups is 1. The molecule has 3 aromatic rings. The molecule has 0 amide bonds. The van der Waals surface area contributed by atoms with E-state index in [0.717, 1.165) is 52.0 Å². The summed E-state index contributed by atoms with van der Waals surface area (Å²) in [5, 5.41) is 11.5. The Balaban J connectivity index is 1.60. The van der Waals surface area contributed by atoms with Gasteiger partial charge in [-0.15, -0.1) is 21.5 Å². The fraction of sp³-hybridized carbons (Fsp3) is 0.409. The quantitative estimate of drug-likeness (QED) is 0.385. The third kappa shape index (κ3) is 4.47. The van der Waals surface area contributed by atoms with Gasteiger partial charge in [0.2, 0.25) is 0 Å². The van der Waals surface area contributed by atoms with Crippen molar-refractivity contribution in [1.82, 2.24) is 14.8 Å². The molecule has 7 heteroatoms. The molecule has 0 unspecified atom stereocenters. The number of aryl methyl sites for hydroxylation is 2. The van der Waals surface area contributed by atoms with Crippen molar-refractivity contribution in [2.24, 2.45) is 0 Å². The molecule has 2 atom stereocenters. The summed E-state index contributed by atoms with van der Waals surface area (Å²) in [7, 11) is 0. The van der Waals surface area contributed by atoms with Crippen molar-refractivity contribution in [3.05, 3.63) is 52.4 Å². The predicted molar refractivity (Wildman–Crippen MR) is 118 cm³/mol. The summed E-state index contributed by atoms with van der Waals surface area (Å²) in [4.78, 5) is 14.2. The van der Waals surface area contributed by atoms with Crippen LogP contribution in [0.3, 0.4) is 0 Å². The van der Waals surface area contributed by atoms with Crippen LogP contribution in [0.1, 0.15) is 41.3 Å². The number of thiophene rings is 1. The van der Waals surface area contributed by atoms with Gasteiger partial charge in [0.25, 0.3) is 0 Å². The Morgan fingerprint density at radius 3 is 2.93 bits per heavy atom. The van der Waals surface area contributed by atoms with Gasteiger partial charge in [0.15, 0.2) is 16.8 Å². The third-order valence-corrected chi connectivity index (χ3v) is 7.12. The first kappa shape index (κ1) is 20.3. The van der Waals surface area contributed by atoms with Crippen molar-refractivity contribution >= 4 is 28.9 Å². The van der Waals surface area contributed by atoms with Crippen molar-refractivity contribution < 1.29 is 9.53 Å². The average Bonchev–Trinajstić information content (AvgIpc) is 3.46. The minimum absolute atomic E-state index is 0.125. The molecule has 5 nitrogen and oxygen atoms in total. The zero-order chi connectivity index (χ0) is 20.4. The van der Waals surface area contributed by atoms with Crippen LogP contribution in [0.15, 0.2) is 40.9 Å². The Morgan fingerprint density at radius 1 is 1.34 bits per heavy atom. The molecule has 0 spiro atoms. The number of hydrogen-bond donors (Lipinski definition) is 0. The van der Waals surface area contributed by atoms with Gasteiger partial charge in [-0.2, -0.15) is 0 Å². The zero-order valence-electron chi connectivity index (χ0n) is 16.9. The first-order chi connectivity index (χ1) is 14.0. The Bertz CT molecular complexity index is 992. The molecule has 1 aliphatic heterocycles. The molecule has 3 heterocycles. The fourth-order valence-corrected chi connectivity index (χ4v) is 5.20. The highest BCUT2D eigenvalue weighted by Gasteiger charge is 2.25. The molecule has 0 aliphatic carbocycles. The first-order valence-corrected chi connectivity index (χ1v) is 11.7. The molecule has 1 aromatic carbocycles. The molecule has 4 rings (SSSR count). The van der Waals surface area contributed by atoms with Crippen LogP contribution in [0.25, 0.3) is 10.7 Å². The number of Topliss-reactive ketones (excluding diaryl/α,β-unsaturated/α-hetero) is 1. The van der Waals surface area contributed by atoms with Gasteiger partial charge in [-0.1, -0.05) is 35.5 Å². The van der Waals surface area contributed by atoms with Crippen LogP contribution < -0.4 is 0 Å². The second-order valence-electron chi connectivity index (χ2n) is 7.47. The van der Waals surface area contributed by atoms with E-state index >= 15 is 0 Å².